The lowest BCUT2D eigenvalue weighted by molar-refractivity contribution is -0.151. The van der Waals surface area contributed by atoms with Crippen molar-refractivity contribution in [2.75, 3.05) is 7.11 Å². The summed E-state index contributed by atoms with van der Waals surface area (Å²) in [6.07, 6.45) is -0.942. The predicted molar refractivity (Wildman–Crippen MR) is 80.5 cm³/mol. The minimum Gasteiger partial charge on any atom is -0.468 e. The van der Waals surface area contributed by atoms with E-state index in [0.29, 0.717) is 16.9 Å². The molecule has 0 radical (unpaired) electrons. The maximum absolute atomic E-state index is 12.7. The van der Waals surface area contributed by atoms with Gasteiger partial charge < -0.3 is 24.3 Å². The smallest absolute Gasteiger partial charge is 0.468 e. The van der Waals surface area contributed by atoms with Gasteiger partial charge in [0.1, 0.15) is 11.5 Å². The molecule has 2 atom stereocenters. The molecule has 2 aromatic rings. The highest BCUT2D eigenvalue weighted by molar-refractivity contribution is 6.59. The first-order valence-electron chi connectivity index (χ1n) is 7.11. The lowest BCUT2D eigenvalue weighted by Crippen LogP contribution is -2.45. The fourth-order valence-corrected chi connectivity index (χ4v) is 3.39. The van der Waals surface area contributed by atoms with Crippen molar-refractivity contribution in [3.8, 4) is 11.5 Å². The summed E-state index contributed by atoms with van der Waals surface area (Å²) in [5.41, 5.74) is 0.0531. The van der Waals surface area contributed by atoms with Crippen LogP contribution in [0.3, 0.4) is 0 Å². The van der Waals surface area contributed by atoms with E-state index >= 15 is 0 Å². The van der Waals surface area contributed by atoms with Crippen LogP contribution in [0.5, 0.6) is 11.5 Å². The second-order valence-electron chi connectivity index (χ2n) is 5.46. The topological polar surface area (TPSA) is 85.2 Å². The van der Waals surface area contributed by atoms with Gasteiger partial charge in [0.2, 0.25) is 0 Å². The molecule has 116 valence electrons. The van der Waals surface area contributed by atoms with E-state index in [1.165, 1.54) is 13.2 Å². The van der Waals surface area contributed by atoms with Crippen LogP contribution in [0.4, 0.5) is 0 Å². The summed E-state index contributed by atoms with van der Waals surface area (Å²) in [6.45, 7) is 0. The van der Waals surface area contributed by atoms with Crippen LogP contribution in [0, 0.1) is 0 Å². The van der Waals surface area contributed by atoms with Crippen LogP contribution in [0.15, 0.2) is 42.5 Å². The van der Waals surface area contributed by atoms with Crippen molar-refractivity contribution in [2.45, 2.75) is 11.7 Å². The number of carbonyl (C=O) groups is 1. The molecule has 0 fully saturated rings. The first-order chi connectivity index (χ1) is 11.1. The zero-order valence-electron chi connectivity index (χ0n) is 12.2. The molecular weight excluding hydrogens is 299 g/mol. The van der Waals surface area contributed by atoms with Crippen molar-refractivity contribution in [3.05, 3.63) is 53.6 Å². The van der Waals surface area contributed by atoms with E-state index in [1.54, 1.807) is 36.4 Å². The molecule has 6 nitrogen and oxygen atoms in total. The number of methoxy groups -OCH3 is 1. The molecule has 0 unspecified atom stereocenters. The Morgan fingerprint density at radius 1 is 1.13 bits per heavy atom. The number of fused-ring (bicyclic) bond motifs is 5. The Bertz CT molecular complexity index is 805. The fourth-order valence-electron chi connectivity index (χ4n) is 3.39. The zero-order valence-corrected chi connectivity index (χ0v) is 12.2. The van der Waals surface area contributed by atoms with Crippen molar-refractivity contribution in [3.63, 3.8) is 0 Å². The largest absolute Gasteiger partial charge is 0.492 e. The van der Waals surface area contributed by atoms with Crippen molar-refractivity contribution < 1.29 is 29.1 Å². The van der Waals surface area contributed by atoms with Crippen molar-refractivity contribution in [1.29, 1.82) is 0 Å². The first kappa shape index (κ1) is 14.1. The van der Waals surface area contributed by atoms with E-state index in [1.807, 2.05) is 0 Å². The number of hydrogen-bond acceptors (Lipinski definition) is 6. The van der Waals surface area contributed by atoms with Gasteiger partial charge in [-0.2, -0.15) is 0 Å². The van der Waals surface area contributed by atoms with Crippen LogP contribution in [-0.4, -0.2) is 36.5 Å². The Kier molecular flexibility index (Phi) is 2.91. The molecule has 4 rings (SSSR count). The molecule has 0 aliphatic carbocycles. The van der Waals surface area contributed by atoms with Gasteiger partial charge in [-0.1, -0.05) is 36.4 Å². The summed E-state index contributed by atoms with van der Waals surface area (Å²) in [4.78, 5) is 12.7. The highest BCUT2D eigenvalue weighted by Gasteiger charge is 2.64. The Balaban J connectivity index is 2.03. The van der Waals surface area contributed by atoms with Gasteiger partial charge in [0.15, 0.2) is 5.41 Å². The average Bonchev–Trinajstić information content (AvgIpc) is 3.05. The molecule has 2 heterocycles. The van der Waals surface area contributed by atoms with Crippen molar-refractivity contribution >= 4 is 18.6 Å². The van der Waals surface area contributed by atoms with Gasteiger partial charge in [-0.3, -0.25) is 4.79 Å². The fraction of sp³-hybridized carbons (Fsp3) is 0.188. The summed E-state index contributed by atoms with van der Waals surface area (Å²) in [7, 11) is -0.411. The number of benzene rings is 2. The van der Waals surface area contributed by atoms with E-state index < -0.39 is 24.8 Å². The summed E-state index contributed by atoms with van der Waals surface area (Å²) >= 11 is 0. The van der Waals surface area contributed by atoms with Crippen LogP contribution in [-0.2, 0) is 14.9 Å². The van der Waals surface area contributed by atoms with Gasteiger partial charge >= 0.3 is 13.1 Å². The molecule has 0 saturated heterocycles. The normalized spacial score (nSPS) is 23.2. The van der Waals surface area contributed by atoms with E-state index in [0.717, 1.165) is 0 Å². The van der Waals surface area contributed by atoms with Gasteiger partial charge in [-0.15, -0.1) is 0 Å². The van der Waals surface area contributed by atoms with Gasteiger partial charge in [-0.25, -0.2) is 0 Å². The molecule has 0 spiro atoms. The number of para-hydroxylation sites is 2. The molecule has 7 heteroatoms. The number of carbonyl (C=O) groups excluding carboxylic acids is 1. The van der Waals surface area contributed by atoms with Gasteiger partial charge in [0, 0.05) is 16.6 Å². The quantitative estimate of drug-likeness (QED) is 0.597. The van der Waals surface area contributed by atoms with Gasteiger partial charge in [0.05, 0.1) is 7.11 Å². The molecule has 2 aliphatic heterocycles. The Labute approximate surface area is 132 Å². The van der Waals surface area contributed by atoms with Gasteiger partial charge in [0.25, 0.3) is 6.29 Å². The molecule has 0 saturated carbocycles. The van der Waals surface area contributed by atoms with Crippen LogP contribution in [0.25, 0.3) is 0 Å². The molecular formula is C16H13BO6. The second-order valence-corrected chi connectivity index (χ2v) is 5.46. The second kappa shape index (κ2) is 4.74. The van der Waals surface area contributed by atoms with Gasteiger partial charge in [-0.05, 0) is 6.07 Å². The third-order valence-electron chi connectivity index (χ3n) is 4.38. The van der Waals surface area contributed by atoms with E-state index in [4.69, 9.17) is 14.2 Å². The van der Waals surface area contributed by atoms with Crippen LogP contribution in [0.1, 0.15) is 11.1 Å². The van der Waals surface area contributed by atoms with E-state index in [9.17, 15) is 14.8 Å². The molecule has 0 bridgehead atoms. The lowest BCUT2D eigenvalue weighted by Gasteiger charge is -2.23. The highest BCUT2D eigenvalue weighted by Crippen LogP contribution is 2.54. The number of esters is 1. The summed E-state index contributed by atoms with van der Waals surface area (Å²) in [5, 5.41) is 19.1. The summed E-state index contributed by atoms with van der Waals surface area (Å²) < 4.78 is 16.6. The Morgan fingerprint density at radius 2 is 1.87 bits per heavy atom. The molecule has 0 aromatic heterocycles. The maximum atomic E-state index is 12.7. The number of rotatable bonds is 2. The summed E-state index contributed by atoms with van der Waals surface area (Å²) in [5.74, 6) is 0.270. The van der Waals surface area contributed by atoms with E-state index in [-0.39, 0.29) is 11.2 Å². The molecule has 2 N–H and O–H groups in total. The highest BCUT2D eigenvalue weighted by atomic mass is 16.7. The van der Waals surface area contributed by atoms with Crippen LogP contribution < -0.4 is 14.9 Å². The number of ether oxygens (including phenoxy) is 3. The van der Waals surface area contributed by atoms with Crippen LogP contribution in [0.2, 0.25) is 0 Å². The maximum Gasteiger partial charge on any atom is 0.492 e. The summed E-state index contributed by atoms with van der Waals surface area (Å²) in [6, 6.07) is 12.0. The Hall–Kier alpha value is -2.51. The van der Waals surface area contributed by atoms with E-state index in [2.05, 4.69) is 0 Å². The Morgan fingerprint density at radius 3 is 2.61 bits per heavy atom. The van der Waals surface area contributed by atoms with Crippen molar-refractivity contribution in [2.24, 2.45) is 0 Å². The monoisotopic (exact) mass is 312 g/mol. The lowest BCUT2D eigenvalue weighted by atomic mass is 9.72. The molecule has 0 amide bonds. The minimum absolute atomic E-state index is 0.182. The zero-order chi connectivity index (χ0) is 16.2. The third-order valence-corrected chi connectivity index (χ3v) is 4.38. The molecule has 2 aliphatic rings. The van der Waals surface area contributed by atoms with Crippen molar-refractivity contribution in [1.82, 2.24) is 0 Å². The molecule has 23 heavy (non-hydrogen) atoms. The number of hydrogen-bond donors (Lipinski definition) is 2. The van der Waals surface area contributed by atoms with Crippen LogP contribution >= 0.6 is 0 Å². The molecule has 2 aromatic carbocycles. The predicted octanol–water partition coefficient (Wildman–Crippen LogP) is -0.0636. The minimum atomic E-state index is -1.71. The SMILES string of the molecule is COC(=O)[C@]12c3ccccc3O[C@H]1Oc1c(B(O)O)cccc12. The third kappa shape index (κ3) is 1.63. The standard InChI is InChI=1S/C16H13BO6/c1-21-14(18)16-9-5-2-3-8-12(9)22-15(16)23-13-10(16)6-4-7-11(13)17(19)20/h2-8,15,19-20H,1H3/t15-,16+/m0/s1. The first-order valence-corrected chi connectivity index (χ1v) is 7.11. The average molecular weight is 312 g/mol.